The van der Waals surface area contributed by atoms with Crippen molar-refractivity contribution >= 4 is 40.7 Å². The molecule has 0 radical (unpaired) electrons. The van der Waals surface area contributed by atoms with Gasteiger partial charge in [0, 0.05) is 12.3 Å². The number of hydrogen-bond acceptors (Lipinski definition) is 6. The molecule has 2 aromatic heterocycles. The number of nitrogens with zero attached hydrogens (tertiary/aromatic N) is 1. The van der Waals surface area contributed by atoms with Gasteiger partial charge in [-0.15, -0.1) is 23.7 Å². The molecule has 0 saturated heterocycles. The van der Waals surface area contributed by atoms with E-state index in [1.165, 1.54) is 18.3 Å². The second-order valence-electron chi connectivity index (χ2n) is 6.38. The van der Waals surface area contributed by atoms with Crippen molar-refractivity contribution in [2.75, 3.05) is 5.32 Å². The van der Waals surface area contributed by atoms with Crippen LogP contribution in [0.3, 0.4) is 0 Å². The Balaban J connectivity index is 0.00000243. The number of thiazole rings is 1. The molecule has 3 rings (SSSR count). The number of halogens is 1. The molecular weight excluding hydrogens is 376 g/mol. The smallest absolute Gasteiger partial charge is 0.246 e. The van der Waals surface area contributed by atoms with Crippen molar-refractivity contribution in [1.29, 1.82) is 0 Å². The highest BCUT2D eigenvalue weighted by Gasteiger charge is 2.35. The molecule has 4 N–H and O–H groups in total. The van der Waals surface area contributed by atoms with Crippen molar-refractivity contribution in [1.82, 2.24) is 10.3 Å². The number of furan rings is 1. The standard InChI is InChI=1S/C17H22N4O3S.ClH/c1-11(22)19-9-12-5-6-14(24-12)13-10-25-16(20-13)21-15(23)17(18)7-3-2-4-8-17;/h5-6,10H,2-4,7-9,18H2,1H3,(H,19,22)(H,20,21,23);1H. The van der Waals surface area contributed by atoms with E-state index in [0.29, 0.717) is 41.7 Å². The third kappa shape index (κ3) is 4.84. The topological polar surface area (TPSA) is 110 Å². The fourth-order valence-electron chi connectivity index (χ4n) is 2.90. The Morgan fingerprint density at radius 3 is 2.73 bits per heavy atom. The molecule has 1 aliphatic carbocycles. The van der Waals surface area contributed by atoms with Gasteiger partial charge in [-0.3, -0.25) is 9.59 Å². The molecule has 1 fully saturated rings. The van der Waals surface area contributed by atoms with Crippen LogP contribution in [-0.4, -0.2) is 22.3 Å². The Hall–Kier alpha value is -1.90. The highest BCUT2D eigenvalue weighted by atomic mass is 35.5. The van der Waals surface area contributed by atoms with Gasteiger partial charge in [-0.05, 0) is 25.0 Å². The first-order valence-corrected chi connectivity index (χ1v) is 9.24. The van der Waals surface area contributed by atoms with E-state index in [0.717, 1.165) is 19.3 Å². The first-order valence-electron chi connectivity index (χ1n) is 8.36. The summed E-state index contributed by atoms with van der Waals surface area (Å²) in [6.07, 6.45) is 4.52. The number of rotatable bonds is 5. The Kier molecular flexibility index (Phi) is 6.80. The summed E-state index contributed by atoms with van der Waals surface area (Å²) in [5.74, 6) is 0.957. The number of aromatic nitrogens is 1. The quantitative estimate of drug-likeness (QED) is 0.716. The summed E-state index contributed by atoms with van der Waals surface area (Å²) in [5, 5.41) is 7.84. The van der Waals surface area contributed by atoms with E-state index in [2.05, 4.69) is 15.6 Å². The van der Waals surface area contributed by atoms with Crippen LogP contribution in [0.15, 0.2) is 21.9 Å². The third-order valence-electron chi connectivity index (χ3n) is 4.35. The van der Waals surface area contributed by atoms with Gasteiger partial charge in [-0.1, -0.05) is 19.3 Å². The molecule has 142 valence electrons. The van der Waals surface area contributed by atoms with Gasteiger partial charge >= 0.3 is 0 Å². The summed E-state index contributed by atoms with van der Waals surface area (Å²) in [4.78, 5) is 27.8. The van der Waals surface area contributed by atoms with Crippen LogP contribution in [0, 0.1) is 0 Å². The molecule has 9 heteroatoms. The number of nitrogens with one attached hydrogen (secondary N) is 2. The second-order valence-corrected chi connectivity index (χ2v) is 7.24. The minimum Gasteiger partial charge on any atom is -0.458 e. The number of amides is 2. The average molecular weight is 399 g/mol. The molecule has 2 amide bonds. The fourth-order valence-corrected chi connectivity index (χ4v) is 3.59. The summed E-state index contributed by atoms with van der Waals surface area (Å²) in [6.45, 7) is 1.79. The molecule has 0 aliphatic heterocycles. The molecule has 7 nitrogen and oxygen atoms in total. The molecule has 0 aromatic carbocycles. The van der Waals surface area contributed by atoms with E-state index in [-0.39, 0.29) is 24.2 Å². The molecule has 1 aliphatic rings. The number of carbonyl (C=O) groups excluding carboxylic acids is 2. The van der Waals surface area contributed by atoms with Gasteiger partial charge in [-0.2, -0.15) is 0 Å². The van der Waals surface area contributed by atoms with Crippen LogP contribution in [0.4, 0.5) is 5.13 Å². The van der Waals surface area contributed by atoms with Crippen molar-refractivity contribution < 1.29 is 14.0 Å². The van der Waals surface area contributed by atoms with Gasteiger partial charge in [0.1, 0.15) is 11.5 Å². The lowest BCUT2D eigenvalue weighted by atomic mass is 9.82. The zero-order chi connectivity index (χ0) is 17.9. The summed E-state index contributed by atoms with van der Waals surface area (Å²) >= 11 is 1.33. The molecule has 1 saturated carbocycles. The van der Waals surface area contributed by atoms with Crippen LogP contribution in [-0.2, 0) is 16.1 Å². The maximum Gasteiger partial charge on any atom is 0.246 e. The molecular formula is C17H23ClN4O3S. The Labute approximate surface area is 162 Å². The minimum absolute atomic E-state index is 0. The molecule has 26 heavy (non-hydrogen) atoms. The predicted octanol–water partition coefficient (Wildman–Crippen LogP) is 3.06. The maximum atomic E-state index is 12.5. The molecule has 2 heterocycles. The van der Waals surface area contributed by atoms with Crippen LogP contribution in [0.2, 0.25) is 0 Å². The largest absolute Gasteiger partial charge is 0.458 e. The van der Waals surface area contributed by atoms with Crippen molar-refractivity contribution in [3.63, 3.8) is 0 Å². The van der Waals surface area contributed by atoms with E-state index in [9.17, 15) is 9.59 Å². The second kappa shape index (κ2) is 8.66. The van der Waals surface area contributed by atoms with E-state index in [1.807, 2.05) is 5.38 Å². The highest BCUT2D eigenvalue weighted by Crippen LogP contribution is 2.30. The normalized spacial score (nSPS) is 15.8. The number of hydrogen-bond donors (Lipinski definition) is 3. The maximum absolute atomic E-state index is 12.5. The van der Waals surface area contributed by atoms with E-state index >= 15 is 0 Å². The lowest BCUT2D eigenvalue weighted by Crippen LogP contribution is -2.52. The number of nitrogens with two attached hydrogens (primary N) is 1. The molecule has 2 aromatic rings. The number of carbonyl (C=O) groups is 2. The summed E-state index contributed by atoms with van der Waals surface area (Å²) in [7, 11) is 0. The van der Waals surface area contributed by atoms with Crippen molar-refractivity contribution in [3.8, 4) is 11.5 Å². The van der Waals surface area contributed by atoms with Gasteiger partial charge < -0.3 is 20.8 Å². The lowest BCUT2D eigenvalue weighted by molar-refractivity contribution is -0.122. The summed E-state index contributed by atoms with van der Waals surface area (Å²) < 4.78 is 5.67. The first kappa shape index (κ1) is 20.4. The van der Waals surface area contributed by atoms with E-state index in [1.54, 1.807) is 12.1 Å². The SMILES string of the molecule is CC(=O)NCc1ccc(-c2csc(NC(=O)C3(N)CCCCC3)n2)o1.Cl. The van der Waals surface area contributed by atoms with Gasteiger partial charge in [0.15, 0.2) is 10.9 Å². The Morgan fingerprint density at radius 2 is 2.04 bits per heavy atom. The number of anilines is 1. The molecule has 0 atom stereocenters. The van der Waals surface area contributed by atoms with Crippen LogP contribution < -0.4 is 16.4 Å². The van der Waals surface area contributed by atoms with Gasteiger partial charge in [-0.25, -0.2) is 4.98 Å². The van der Waals surface area contributed by atoms with Crippen molar-refractivity contribution in [3.05, 3.63) is 23.3 Å². The molecule has 0 spiro atoms. The Bertz CT molecular complexity index is 768. The van der Waals surface area contributed by atoms with Crippen LogP contribution in [0.25, 0.3) is 11.5 Å². The van der Waals surface area contributed by atoms with Crippen LogP contribution >= 0.6 is 23.7 Å². The van der Waals surface area contributed by atoms with E-state index < -0.39 is 5.54 Å². The fraction of sp³-hybridized carbons (Fsp3) is 0.471. The third-order valence-corrected chi connectivity index (χ3v) is 5.11. The van der Waals surface area contributed by atoms with Gasteiger partial charge in [0.25, 0.3) is 0 Å². The first-order chi connectivity index (χ1) is 12.0. The highest BCUT2D eigenvalue weighted by molar-refractivity contribution is 7.14. The molecule has 0 bridgehead atoms. The van der Waals surface area contributed by atoms with Gasteiger partial charge in [0.2, 0.25) is 11.8 Å². The average Bonchev–Trinajstić information content (AvgIpc) is 3.22. The summed E-state index contributed by atoms with van der Waals surface area (Å²) in [5.41, 5.74) is 6.09. The minimum atomic E-state index is -0.791. The van der Waals surface area contributed by atoms with Crippen molar-refractivity contribution in [2.45, 2.75) is 51.1 Å². The zero-order valence-electron chi connectivity index (χ0n) is 14.5. The van der Waals surface area contributed by atoms with Crippen molar-refractivity contribution in [2.24, 2.45) is 5.73 Å². The Morgan fingerprint density at radius 1 is 1.31 bits per heavy atom. The zero-order valence-corrected chi connectivity index (χ0v) is 16.2. The summed E-state index contributed by atoms with van der Waals surface area (Å²) in [6, 6.07) is 3.59. The predicted molar refractivity (Wildman–Crippen MR) is 103 cm³/mol. The van der Waals surface area contributed by atoms with Crippen LogP contribution in [0.5, 0.6) is 0 Å². The van der Waals surface area contributed by atoms with E-state index in [4.69, 9.17) is 10.2 Å². The lowest BCUT2D eigenvalue weighted by Gasteiger charge is -2.31. The van der Waals surface area contributed by atoms with Gasteiger partial charge in [0.05, 0.1) is 12.1 Å². The molecule has 0 unspecified atom stereocenters. The monoisotopic (exact) mass is 398 g/mol. The van der Waals surface area contributed by atoms with Crippen LogP contribution in [0.1, 0.15) is 44.8 Å².